The van der Waals surface area contributed by atoms with Gasteiger partial charge in [-0.15, -0.1) is 0 Å². The fraction of sp³-hybridized carbons (Fsp3) is 0.308. The standard InChI is InChI=1S/C13H13N3O2S/c1-9-3-5-10(6-4-9)15-11-12(17)16(8-2-7-14)13(18)19-11/h3-6,11,15H,2,8H2,1H3/t11-/m0/s1. The van der Waals surface area contributed by atoms with Gasteiger partial charge in [0.25, 0.3) is 11.1 Å². The number of hydrogen-bond acceptors (Lipinski definition) is 5. The molecule has 98 valence electrons. The largest absolute Gasteiger partial charge is 0.365 e. The van der Waals surface area contributed by atoms with Crippen LogP contribution in [0.2, 0.25) is 0 Å². The second kappa shape index (κ2) is 5.76. The fourth-order valence-corrected chi connectivity index (χ4v) is 2.64. The predicted molar refractivity (Wildman–Crippen MR) is 73.5 cm³/mol. The average molecular weight is 275 g/mol. The van der Waals surface area contributed by atoms with Crippen LogP contribution in [-0.4, -0.2) is 28.0 Å². The fourth-order valence-electron chi connectivity index (χ4n) is 1.70. The SMILES string of the molecule is Cc1ccc(N[C@H]2SC(=O)N(CCC#N)C2=O)cc1. The molecule has 2 rings (SSSR count). The van der Waals surface area contributed by atoms with E-state index in [-0.39, 0.29) is 24.1 Å². The molecule has 1 atom stereocenters. The van der Waals surface area contributed by atoms with Crippen molar-refractivity contribution in [2.24, 2.45) is 0 Å². The topological polar surface area (TPSA) is 73.2 Å². The number of amides is 2. The maximum Gasteiger partial charge on any atom is 0.290 e. The van der Waals surface area contributed by atoms with Gasteiger partial charge in [0, 0.05) is 12.2 Å². The molecule has 1 N–H and O–H groups in total. The Bertz CT molecular complexity index is 536. The Kier molecular flexibility index (Phi) is 4.07. The summed E-state index contributed by atoms with van der Waals surface area (Å²) in [7, 11) is 0. The molecule has 1 aromatic rings. The maximum absolute atomic E-state index is 12.0. The lowest BCUT2D eigenvalue weighted by Crippen LogP contribution is -2.34. The molecule has 0 saturated carbocycles. The van der Waals surface area contributed by atoms with Crippen molar-refractivity contribution >= 4 is 28.6 Å². The van der Waals surface area contributed by atoms with Crippen LogP contribution >= 0.6 is 11.8 Å². The number of nitrogens with one attached hydrogen (secondary N) is 1. The van der Waals surface area contributed by atoms with E-state index in [1.165, 1.54) is 0 Å². The van der Waals surface area contributed by atoms with Gasteiger partial charge in [-0.2, -0.15) is 5.26 Å². The monoisotopic (exact) mass is 275 g/mol. The van der Waals surface area contributed by atoms with E-state index in [9.17, 15) is 9.59 Å². The summed E-state index contributed by atoms with van der Waals surface area (Å²) in [6.07, 6.45) is 0.162. The first-order valence-electron chi connectivity index (χ1n) is 5.84. The van der Waals surface area contributed by atoms with Crippen molar-refractivity contribution in [2.45, 2.75) is 18.7 Å². The molecule has 0 aromatic heterocycles. The smallest absolute Gasteiger partial charge is 0.290 e. The van der Waals surface area contributed by atoms with Gasteiger partial charge in [-0.25, -0.2) is 0 Å². The van der Waals surface area contributed by atoms with Crippen LogP contribution in [0, 0.1) is 18.3 Å². The molecular weight excluding hydrogens is 262 g/mol. The Labute approximate surface area is 115 Å². The van der Waals surface area contributed by atoms with Crippen LogP contribution in [0.25, 0.3) is 0 Å². The van der Waals surface area contributed by atoms with E-state index in [4.69, 9.17) is 5.26 Å². The first kappa shape index (κ1) is 13.4. The van der Waals surface area contributed by atoms with E-state index in [2.05, 4.69) is 5.32 Å². The highest BCUT2D eigenvalue weighted by atomic mass is 32.2. The molecule has 0 bridgehead atoms. The first-order valence-corrected chi connectivity index (χ1v) is 6.72. The summed E-state index contributed by atoms with van der Waals surface area (Å²) in [5.41, 5.74) is 1.93. The third-order valence-corrected chi connectivity index (χ3v) is 3.70. The van der Waals surface area contributed by atoms with Gasteiger partial charge in [-0.1, -0.05) is 17.7 Å². The van der Waals surface area contributed by atoms with Crippen molar-refractivity contribution < 1.29 is 9.59 Å². The summed E-state index contributed by atoms with van der Waals surface area (Å²) in [6.45, 7) is 2.14. The molecule has 1 aliphatic rings. The molecule has 0 aliphatic carbocycles. The first-order chi connectivity index (χ1) is 9.11. The lowest BCUT2D eigenvalue weighted by atomic mass is 10.2. The highest BCUT2D eigenvalue weighted by molar-refractivity contribution is 8.15. The Hall–Kier alpha value is -2.00. The summed E-state index contributed by atoms with van der Waals surface area (Å²) in [4.78, 5) is 24.8. The number of thioether (sulfide) groups is 1. The minimum Gasteiger partial charge on any atom is -0.365 e. The molecule has 0 spiro atoms. The third-order valence-electron chi connectivity index (χ3n) is 2.73. The second-order valence-corrected chi connectivity index (χ2v) is 5.23. The highest BCUT2D eigenvalue weighted by Crippen LogP contribution is 2.28. The molecular formula is C13H13N3O2S. The number of carbonyl (C=O) groups is 2. The minimum atomic E-state index is -0.603. The minimum absolute atomic E-state index is 0.160. The zero-order valence-corrected chi connectivity index (χ0v) is 11.2. The number of nitriles is 1. The lowest BCUT2D eigenvalue weighted by Gasteiger charge is -2.13. The van der Waals surface area contributed by atoms with Crippen molar-refractivity contribution in [2.75, 3.05) is 11.9 Å². The highest BCUT2D eigenvalue weighted by Gasteiger charge is 2.39. The molecule has 6 heteroatoms. The van der Waals surface area contributed by atoms with Crippen molar-refractivity contribution in [1.82, 2.24) is 4.90 Å². The van der Waals surface area contributed by atoms with Crippen molar-refractivity contribution in [3.8, 4) is 6.07 Å². The van der Waals surface area contributed by atoms with Crippen molar-refractivity contribution in [1.29, 1.82) is 5.26 Å². The second-order valence-electron chi connectivity index (χ2n) is 4.17. The summed E-state index contributed by atoms with van der Waals surface area (Å²) >= 11 is 0.948. The van der Waals surface area contributed by atoms with E-state index in [1.807, 2.05) is 37.3 Å². The molecule has 19 heavy (non-hydrogen) atoms. The van der Waals surface area contributed by atoms with E-state index in [1.54, 1.807) is 0 Å². The Morgan fingerprint density at radius 2 is 2.05 bits per heavy atom. The molecule has 0 unspecified atom stereocenters. The number of nitrogens with zero attached hydrogens (tertiary/aromatic N) is 2. The number of aryl methyl sites for hydroxylation is 1. The normalized spacial score (nSPS) is 18.5. The molecule has 1 heterocycles. The number of carbonyl (C=O) groups excluding carboxylic acids is 2. The zero-order valence-electron chi connectivity index (χ0n) is 10.4. The Balaban J connectivity index is 2.03. The van der Waals surface area contributed by atoms with Crippen LogP contribution in [0.3, 0.4) is 0 Å². The van der Waals surface area contributed by atoms with Gasteiger partial charge < -0.3 is 5.32 Å². The number of hydrogen-bond donors (Lipinski definition) is 1. The van der Waals surface area contributed by atoms with Gasteiger partial charge in [0.05, 0.1) is 12.5 Å². The van der Waals surface area contributed by atoms with Crippen molar-refractivity contribution in [3.63, 3.8) is 0 Å². The molecule has 1 fully saturated rings. The molecule has 2 amide bonds. The van der Waals surface area contributed by atoms with Gasteiger partial charge in [0.1, 0.15) is 0 Å². The van der Waals surface area contributed by atoms with E-state index >= 15 is 0 Å². The van der Waals surface area contributed by atoms with Crippen LogP contribution in [0.1, 0.15) is 12.0 Å². The summed E-state index contributed by atoms with van der Waals surface area (Å²) in [5, 5.41) is 10.6. The van der Waals surface area contributed by atoms with Gasteiger partial charge >= 0.3 is 0 Å². The maximum atomic E-state index is 12.0. The molecule has 1 saturated heterocycles. The van der Waals surface area contributed by atoms with Gasteiger partial charge in [0.15, 0.2) is 5.37 Å². The van der Waals surface area contributed by atoms with Crippen LogP contribution in [0.5, 0.6) is 0 Å². The molecule has 0 radical (unpaired) electrons. The molecule has 5 nitrogen and oxygen atoms in total. The van der Waals surface area contributed by atoms with Crippen LogP contribution < -0.4 is 5.32 Å². The van der Waals surface area contributed by atoms with Crippen molar-refractivity contribution in [3.05, 3.63) is 29.8 Å². The lowest BCUT2D eigenvalue weighted by molar-refractivity contribution is -0.126. The third kappa shape index (κ3) is 3.06. The van der Waals surface area contributed by atoms with Crippen LogP contribution in [0.15, 0.2) is 24.3 Å². The summed E-state index contributed by atoms with van der Waals surface area (Å²) in [5.74, 6) is -0.286. The van der Waals surface area contributed by atoms with Gasteiger partial charge in [-0.3, -0.25) is 14.5 Å². The van der Waals surface area contributed by atoms with E-state index < -0.39 is 5.37 Å². The van der Waals surface area contributed by atoms with E-state index in [0.29, 0.717) is 0 Å². The molecule has 1 aliphatic heterocycles. The zero-order chi connectivity index (χ0) is 13.8. The summed E-state index contributed by atoms with van der Waals surface area (Å²) < 4.78 is 0. The average Bonchev–Trinajstić information content (AvgIpc) is 2.65. The summed E-state index contributed by atoms with van der Waals surface area (Å²) in [6, 6.07) is 9.53. The Morgan fingerprint density at radius 1 is 1.37 bits per heavy atom. The van der Waals surface area contributed by atoms with Crippen LogP contribution in [0.4, 0.5) is 10.5 Å². The Morgan fingerprint density at radius 3 is 2.68 bits per heavy atom. The van der Waals surface area contributed by atoms with Crippen LogP contribution in [-0.2, 0) is 4.79 Å². The number of rotatable bonds is 4. The molecule has 1 aromatic carbocycles. The number of anilines is 1. The number of imide groups is 1. The predicted octanol–water partition coefficient (Wildman–Crippen LogP) is 2.34. The van der Waals surface area contributed by atoms with Gasteiger partial charge in [-0.05, 0) is 30.8 Å². The quantitative estimate of drug-likeness (QED) is 0.913. The van der Waals surface area contributed by atoms with E-state index in [0.717, 1.165) is 27.9 Å². The van der Waals surface area contributed by atoms with Gasteiger partial charge in [0.2, 0.25) is 0 Å². The number of benzene rings is 1.